The number of hydrogen-bond donors (Lipinski definition) is 3. The van der Waals surface area contributed by atoms with E-state index in [1.165, 1.54) is 11.8 Å². The molecule has 7 heteroatoms. The number of H-pyrrole nitrogens is 1. The fraction of sp³-hybridized carbons (Fsp3) is 0.583. The van der Waals surface area contributed by atoms with E-state index in [1.807, 2.05) is 13.8 Å². The van der Waals surface area contributed by atoms with Crippen LogP contribution < -0.4 is 10.6 Å². The van der Waals surface area contributed by atoms with Crippen molar-refractivity contribution in [2.24, 2.45) is 0 Å². The maximum atomic E-state index is 11.9. The molecule has 0 radical (unpaired) electrons. The molecule has 1 aromatic rings. The van der Waals surface area contributed by atoms with Crippen LogP contribution in [0.5, 0.6) is 0 Å². The first-order valence-electron chi connectivity index (χ1n) is 6.19. The predicted molar refractivity (Wildman–Crippen MR) is 73.8 cm³/mol. The van der Waals surface area contributed by atoms with Crippen LogP contribution in [0.1, 0.15) is 19.5 Å². The Bertz CT molecular complexity index is 458. The van der Waals surface area contributed by atoms with Crippen LogP contribution in [0.2, 0.25) is 0 Å². The molecular formula is C12H18N4O2S. The van der Waals surface area contributed by atoms with Crippen LogP contribution >= 0.6 is 11.8 Å². The lowest BCUT2D eigenvalue weighted by Gasteiger charge is -2.32. The summed E-state index contributed by atoms with van der Waals surface area (Å²) in [6, 6.07) is -0.438. The zero-order chi connectivity index (χ0) is 13.9. The van der Waals surface area contributed by atoms with Crippen LogP contribution in [0.3, 0.4) is 0 Å². The lowest BCUT2D eigenvalue weighted by Crippen LogP contribution is -2.57. The van der Waals surface area contributed by atoms with Crippen molar-refractivity contribution in [3.05, 3.63) is 18.2 Å². The molecule has 2 heterocycles. The third-order valence-electron chi connectivity index (χ3n) is 3.03. The summed E-state index contributed by atoms with van der Waals surface area (Å²) in [5.41, 5.74) is 0.975. The number of aromatic nitrogens is 2. The number of hydrogen-bond acceptors (Lipinski definition) is 4. The summed E-state index contributed by atoms with van der Waals surface area (Å²) < 4.78 is -0.452. The first-order valence-corrected chi connectivity index (χ1v) is 7.17. The van der Waals surface area contributed by atoms with E-state index in [1.54, 1.807) is 12.5 Å². The first kappa shape index (κ1) is 13.9. The second-order valence-corrected chi connectivity index (χ2v) is 6.61. The molecule has 0 aliphatic carbocycles. The molecule has 0 spiro atoms. The molecular weight excluding hydrogens is 264 g/mol. The van der Waals surface area contributed by atoms with Crippen molar-refractivity contribution in [2.45, 2.75) is 31.1 Å². The number of carbonyl (C=O) groups is 2. The number of imidazole rings is 1. The Kier molecular flexibility index (Phi) is 4.14. The van der Waals surface area contributed by atoms with Crippen molar-refractivity contribution in [2.75, 3.05) is 12.3 Å². The number of carbonyl (C=O) groups excluding carboxylic acids is 2. The smallest absolute Gasteiger partial charge is 0.243 e. The van der Waals surface area contributed by atoms with Crippen molar-refractivity contribution in [1.82, 2.24) is 20.6 Å². The largest absolute Gasteiger partial charge is 0.354 e. The molecule has 0 saturated carbocycles. The van der Waals surface area contributed by atoms with Gasteiger partial charge in [0.05, 0.1) is 11.1 Å². The van der Waals surface area contributed by atoms with Gasteiger partial charge in [-0.15, -0.1) is 11.8 Å². The molecule has 1 aliphatic heterocycles. The third-order valence-corrected chi connectivity index (χ3v) is 4.43. The molecule has 0 bridgehead atoms. The molecule has 1 saturated heterocycles. The normalized spacial score (nSPS) is 21.8. The monoisotopic (exact) mass is 282 g/mol. The van der Waals surface area contributed by atoms with Gasteiger partial charge in [-0.3, -0.25) is 9.59 Å². The summed E-state index contributed by atoms with van der Waals surface area (Å²) >= 11 is 1.51. The Morgan fingerprint density at radius 3 is 3.05 bits per heavy atom. The van der Waals surface area contributed by atoms with Gasteiger partial charge in [0.25, 0.3) is 0 Å². The molecule has 104 valence electrons. The van der Waals surface area contributed by atoms with Crippen LogP contribution in [0.25, 0.3) is 0 Å². The predicted octanol–water partition coefficient (Wildman–Crippen LogP) is 0.0786. The minimum atomic E-state index is -0.452. The zero-order valence-corrected chi connectivity index (χ0v) is 11.8. The number of rotatable bonds is 4. The second-order valence-electron chi connectivity index (χ2n) is 4.97. The molecule has 3 N–H and O–H groups in total. The average molecular weight is 282 g/mol. The number of thioether (sulfide) groups is 1. The second kappa shape index (κ2) is 5.64. The van der Waals surface area contributed by atoms with Gasteiger partial charge >= 0.3 is 0 Å². The summed E-state index contributed by atoms with van der Waals surface area (Å²) in [6.45, 7) is 4.25. The van der Waals surface area contributed by atoms with E-state index in [-0.39, 0.29) is 11.8 Å². The van der Waals surface area contributed by atoms with Crippen LogP contribution in [0, 0.1) is 0 Å². The van der Waals surface area contributed by atoms with Crippen molar-refractivity contribution < 1.29 is 9.59 Å². The summed E-state index contributed by atoms with van der Waals surface area (Å²) in [4.78, 5) is 30.6. The highest BCUT2D eigenvalue weighted by Gasteiger charge is 2.37. The van der Waals surface area contributed by atoms with E-state index in [2.05, 4.69) is 20.6 Å². The van der Waals surface area contributed by atoms with Crippen LogP contribution in [0.15, 0.2) is 12.5 Å². The van der Waals surface area contributed by atoms with Crippen LogP contribution in [0.4, 0.5) is 0 Å². The minimum Gasteiger partial charge on any atom is -0.354 e. The topological polar surface area (TPSA) is 86.9 Å². The highest BCUT2D eigenvalue weighted by Crippen LogP contribution is 2.28. The van der Waals surface area contributed by atoms with Crippen molar-refractivity contribution >= 4 is 23.6 Å². The Balaban J connectivity index is 1.76. The Labute approximate surface area is 116 Å². The SMILES string of the molecule is CC1(C)SC[C@H](C(=O)NCCc2cnc[nH]2)NC1=O. The van der Waals surface area contributed by atoms with Gasteiger partial charge in [-0.25, -0.2) is 4.98 Å². The van der Waals surface area contributed by atoms with E-state index in [9.17, 15) is 9.59 Å². The van der Waals surface area contributed by atoms with Gasteiger partial charge in [-0.05, 0) is 13.8 Å². The molecule has 1 aromatic heterocycles. The zero-order valence-electron chi connectivity index (χ0n) is 11.0. The molecule has 2 rings (SSSR count). The number of amides is 2. The van der Waals surface area contributed by atoms with E-state index < -0.39 is 10.8 Å². The van der Waals surface area contributed by atoms with Crippen molar-refractivity contribution in [1.29, 1.82) is 0 Å². The lowest BCUT2D eigenvalue weighted by atomic mass is 10.1. The standard InChI is InChI=1S/C12H18N4O2S/c1-12(2)11(18)16-9(6-19-12)10(17)14-4-3-8-5-13-7-15-8/h5,7,9H,3-4,6H2,1-2H3,(H,13,15)(H,14,17)(H,16,18)/t9-/m1/s1. The van der Waals surface area contributed by atoms with Gasteiger partial charge < -0.3 is 15.6 Å². The van der Waals surface area contributed by atoms with Crippen molar-refractivity contribution in [3.8, 4) is 0 Å². The van der Waals surface area contributed by atoms with Gasteiger partial charge in [-0.1, -0.05) is 0 Å². The molecule has 0 unspecified atom stereocenters. The first-order chi connectivity index (χ1) is 8.99. The number of aromatic amines is 1. The molecule has 2 amide bonds. The lowest BCUT2D eigenvalue weighted by molar-refractivity contribution is -0.129. The van der Waals surface area contributed by atoms with Crippen LogP contribution in [-0.2, 0) is 16.0 Å². The number of nitrogens with zero attached hydrogens (tertiary/aromatic N) is 1. The fourth-order valence-electron chi connectivity index (χ4n) is 1.74. The average Bonchev–Trinajstić information content (AvgIpc) is 2.85. The summed E-state index contributed by atoms with van der Waals surface area (Å²) in [5, 5.41) is 5.58. The number of nitrogens with one attached hydrogen (secondary N) is 3. The highest BCUT2D eigenvalue weighted by molar-refractivity contribution is 8.01. The fourth-order valence-corrected chi connectivity index (χ4v) is 2.75. The third kappa shape index (κ3) is 3.50. The van der Waals surface area contributed by atoms with Gasteiger partial charge in [0.15, 0.2) is 0 Å². The molecule has 0 aromatic carbocycles. The Morgan fingerprint density at radius 1 is 1.63 bits per heavy atom. The summed E-state index contributed by atoms with van der Waals surface area (Å²) in [5.74, 6) is 0.391. The van der Waals surface area contributed by atoms with Gasteiger partial charge in [-0.2, -0.15) is 0 Å². The molecule has 19 heavy (non-hydrogen) atoms. The Hall–Kier alpha value is -1.50. The van der Waals surface area contributed by atoms with E-state index in [0.29, 0.717) is 18.7 Å². The molecule has 1 fully saturated rings. The maximum absolute atomic E-state index is 11.9. The summed E-state index contributed by atoms with van der Waals surface area (Å²) in [7, 11) is 0. The van der Waals surface area contributed by atoms with Gasteiger partial charge in [0, 0.05) is 30.6 Å². The maximum Gasteiger partial charge on any atom is 0.243 e. The highest BCUT2D eigenvalue weighted by atomic mass is 32.2. The van der Waals surface area contributed by atoms with E-state index >= 15 is 0 Å². The molecule has 1 aliphatic rings. The minimum absolute atomic E-state index is 0.0857. The molecule has 6 nitrogen and oxygen atoms in total. The summed E-state index contributed by atoms with van der Waals surface area (Å²) in [6.07, 6.45) is 4.04. The van der Waals surface area contributed by atoms with E-state index in [4.69, 9.17) is 0 Å². The van der Waals surface area contributed by atoms with Crippen molar-refractivity contribution in [3.63, 3.8) is 0 Å². The Morgan fingerprint density at radius 2 is 2.42 bits per heavy atom. The quantitative estimate of drug-likeness (QED) is 0.730. The van der Waals surface area contributed by atoms with Gasteiger partial charge in [0.1, 0.15) is 6.04 Å². The van der Waals surface area contributed by atoms with E-state index in [0.717, 1.165) is 5.69 Å². The van der Waals surface area contributed by atoms with Crippen LogP contribution in [-0.4, -0.2) is 44.9 Å². The molecule has 1 atom stereocenters. The van der Waals surface area contributed by atoms with Gasteiger partial charge in [0.2, 0.25) is 11.8 Å².